The molecule has 0 bridgehead atoms. The summed E-state index contributed by atoms with van der Waals surface area (Å²) in [7, 11) is 0. The van der Waals surface area contributed by atoms with Crippen molar-refractivity contribution in [2.75, 3.05) is 5.32 Å². The lowest BCUT2D eigenvalue weighted by Crippen LogP contribution is -2.45. The van der Waals surface area contributed by atoms with Gasteiger partial charge in [-0.05, 0) is 37.1 Å². The Labute approximate surface area is 151 Å². The van der Waals surface area contributed by atoms with E-state index in [0.29, 0.717) is 22.0 Å². The Bertz CT molecular complexity index is 862. The topological polar surface area (TPSA) is 70.2 Å². The first-order valence-corrected chi connectivity index (χ1v) is 8.24. The SMILES string of the molecule is CC1=C(C(=O)Nc2ccc(C)c(Cl)c2)[C@@H](c2ccccc2)NC(=O)N1. The summed E-state index contributed by atoms with van der Waals surface area (Å²) in [5, 5.41) is 8.90. The summed E-state index contributed by atoms with van der Waals surface area (Å²) < 4.78 is 0. The smallest absolute Gasteiger partial charge is 0.319 e. The number of carbonyl (C=O) groups is 2. The highest BCUT2D eigenvalue weighted by molar-refractivity contribution is 6.31. The van der Waals surface area contributed by atoms with Crippen molar-refractivity contribution >= 4 is 29.2 Å². The van der Waals surface area contributed by atoms with Crippen LogP contribution in [0.25, 0.3) is 0 Å². The average Bonchev–Trinajstić information content (AvgIpc) is 2.58. The van der Waals surface area contributed by atoms with Crippen LogP contribution in [0.5, 0.6) is 0 Å². The van der Waals surface area contributed by atoms with Gasteiger partial charge in [-0.15, -0.1) is 0 Å². The lowest BCUT2D eigenvalue weighted by Gasteiger charge is -2.28. The normalized spacial score (nSPS) is 16.9. The van der Waals surface area contributed by atoms with Gasteiger partial charge in [0.2, 0.25) is 0 Å². The molecular formula is C19H18ClN3O2. The van der Waals surface area contributed by atoms with Crippen LogP contribution in [-0.2, 0) is 4.79 Å². The van der Waals surface area contributed by atoms with Gasteiger partial charge in [0.1, 0.15) is 0 Å². The molecule has 1 aliphatic heterocycles. The fourth-order valence-corrected chi connectivity index (χ4v) is 2.94. The standard InChI is InChI=1S/C19H18ClN3O2/c1-11-8-9-14(10-15(11)20)22-18(24)16-12(2)21-19(25)23-17(16)13-6-4-3-5-7-13/h3-10,17H,1-2H3,(H,22,24)(H2,21,23,25)/t17-/m1/s1. The quantitative estimate of drug-likeness (QED) is 0.781. The maximum absolute atomic E-state index is 12.9. The minimum atomic E-state index is -0.518. The lowest BCUT2D eigenvalue weighted by atomic mass is 9.95. The Kier molecular flexibility index (Phi) is 4.76. The Morgan fingerprint density at radius 2 is 1.84 bits per heavy atom. The number of aryl methyl sites for hydroxylation is 1. The van der Waals surface area contributed by atoms with Crippen LogP contribution in [0, 0.1) is 6.92 Å². The molecule has 0 spiro atoms. The molecule has 0 radical (unpaired) electrons. The molecule has 3 rings (SSSR count). The molecule has 5 nitrogen and oxygen atoms in total. The highest BCUT2D eigenvalue weighted by Gasteiger charge is 2.31. The summed E-state index contributed by atoms with van der Waals surface area (Å²) in [6, 6.07) is 13.9. The van der Waals surface area contributed by atoms with Gasteiger partial charge >= 0.3 is 6.03 Å². The molecule has 0 aromatic heterocycles. The van der Waals surface area contributed by atoms with Crippen molar-refractivity contribution in [3.8, 4) is 0 Å². The van der Waals surface area contributed by atoms with Crippen LogP contribution >= 0.6 is 11.6 Å². The van der Waals surface area contributed by atoms with Crippen molar-refractivity contribution in [3.63, 3.8) is 0 Å². The largest absolute Gasteiger partial charge is 0.327 e. The molecular weight excluding hydrogens is 338 g/mol. The van der Waals surface area contributed by atoms with Gasteiger partial charge in [-0.2, -0.15) is 0 Å². The third kappa shape index (κ3) is 3.67. The maximum atomic E-state index is 12.9. The van der Waals surface area contributed by atoms with Crippen LogP contribution in [-0.4, -0.2) is 11.9 Å². The number of benzene rings is 2. The zero-order valence-corrected chi connectivity index (χ0v) is 14.6. The highest BCUT2D eigenvalue weighted by atomic mass is 35.5. The first-order chi connectivity index (χ1) is 12.0. The van der Waals surface area contributed by atoms with Crippen LogP contribution < -0.4 is 16.0 Å². The van der Waals surface area contributed by atoms with Gasteiger partial charge in [0, 0.05) is 16.4 Å². The van der Waals surface area contributed by atoms with Crippen molar-refractivity contribution in [2.24, 2.45) is 0 Å². The van der Waals surface area contributed by atoms with Crippen LogP contribution in [0.15, 0.2) is 59.8 Å². The molecule has 0 aliphatic carbocycles. The number of allylic oxidation sites excluding steroid dienone is 1. The Hall–Kier alpha value is -2.79. The van der Waals surface area contributed by atoms with Gasteiger partial charge < -0.3 is 16.0 Å². The number of hydrogen-bond acceptors (Lipinski definition) is 2. The lowest BCUT2D eigenvalue weighted by molar-refractivity contribution is -0.113. The van der Waals surface area contributed by atoms with E-state index in [1.165, 1.54) is 0 Å². The van der Waals surface area contributed by atoms with E-state index in [1.54, 1.807) is 19.1 Å². The Balaban J connectivity index is 1.93. The van der Waals surface area contributed by atoms with Crippen molar-refractivity contribution in [2.45, 2.75) is 19.9 Å². The van der Waals surface area contributed by atoms with E-state index in [2.05, 4.69) is 16.0 Å². The first kappa shape index (κ1) is 17.0. The van der Waals surface area contributed by atoms with E-state index in [9.17, 15) is 9.59 Å². The van der Waals surface area contributed by atoms with Gasteiger partial charge in [0.05, 0.1) is 11.6 Å². The third-order valence-corrected chi connectivity index (χ3v) is 4.48. The highest BCUT2D eigenvalue weighted by Crippen LogP contribution is 2.28. The second kappa shape index (κ2) is 6.99. The molecule has 3 N–H and O–H groups in total. The third-order valence-electron chi connectivity index (χ3n) is 4.08. The van der Waals surface area contributed by atoms with Crippen molar-refractivity contribution in [1.82, 2.24) is 10.6 Å². The summed E-state index contributed by atoms with van der Waals surface area (Å²) in [6.07, 6.45) is 0. The predicted molar refractivity (Wildman–Crippen MR) is 98.4 cm³/mol. The molecule has 6 heteroatoms. The summed E-state index contributed by atoms with van der Waals surface area (Å²) in [5.74, 6) is -0.293. The molecule has 1 heterocycles. The van der Waals surface area contributed by atoms with Crippen molar-refractivity contribution in [1.29, 1.82) is 0 Å². The number of rotatable bonds is 3. The van der Waals surface area contributed by atoms with E-state index in [0.717, 1.165) is 11.1 Å². The Morgan fingerprint density at radius 1 is 1.12 bits per heavy atom. The van der Waals surface area contributed by atoms with E-state index < -0.39 is 6.04 Å². The minimum absolute atomic E-state index is 0.293. The molecule has 2 aromatic rings. The number of urea groups is 1. The molecule has 1 atom stereocenters. The molecule has 0 saturated carbocycles. The second-order valence-corrected chi connectivity index (χ2v) is 6.31. The number of carbonyl (C=O) groups excluding carboxylic acids is 2. The predicted octanol–water partition coefficient (Wildman–Crippen LogP) is 3.92. The molecule has 25 heavy (non-hydrogen) atoms. The number of amides is 3. The minimum Gasteiger partial charge on any atom is -0.327 e. The van der Waals surface area contributed by atoms with Crippen molar-refractivity contribution in [3.05, 3.63) is 76.0 Å². The van der Waals surface area contributed by atoms with E-state index >= 15 is 0 Å². The summed E-state index contributed by atoms with van der Waals surface area (Å²) in [5.41, 5.74) is 3.35. The van der Waals surface area contributed by atoms with Crippen molar-refractivity contribution < 1.29 is 9.59 Å². The second-order valence-electron chi connectivity index (χ2n) is 5.90. The van der Waals surface area contributed by atoms with Gasteiger partial charge in [-0.1, -0.05) is 48.0 Å². The number of nitrogens with one attached hydrogen (secondary N) is 3. The Morgan fingerprint density at radius 3 is 2.52 bits per heavy atom. The average molecular weight is 356 g/mol. The van der Waals surface area contributed by atoms with Crippen LogP contribution in [0.4, 0.5) is 10.5 Å². The summed E-state index contributed by atoms with van der Waals surface area (Å²) >= 11 is 6.12. The molecule has 0 saturated heterocycles. The molecule has 128 valence electrons. The van der Waals surface area contributed by atoms with E-state index in [1.807, 2.05) is 43.3 Å². The monoisotopic (exact) mass is 355 g/mol. The fourth-order valence-electron chi connectivity index (χ4n) is 2.76. The van der Waals surface area contributed by atoms with Crippen LogP contribution in [0.1, 0.15) is 24.1 Å². The van der Waals surface area contributed by atoms with Gasteiger partial charge in [-0.3, -0.25) is 4.79 Å². The first-order valence-electron chi connectivity index (χ1n) is 7.86. The zero-order valence-electron chi connectivity index (χ0n) is 13.9. The molecule has 2 aromatic carbocycles. The molecule has 3 amide bonds. The molecule has 0 unspecified atom stereocenters. The van der Waals surface area contributed by atoms with Crippen LogP contribution in [0.3, 0.4) is 0 Å². The fraction of sp³-hybridized carbons (Fsp3) is 0.158. The van der Waals surface area contributed by atoms with Crippen LogP contribution in [0.2, 0.25) is 5.02 Å². The molecule has 0 fully saturated rings. The summed E-state index contributed by atoms with van der Waals surface area (Å²) in [4.78, 5) is 24.7. The van der Waals surface area contributed by atoms with Gasteiger partial charge in [0.25, 0.3) is 5.91 Å². The van der Waals surface area contributed by atoms with E-state index in [4.69, 9.17) is 11.6 Å². The molecule has 1 aliphatic rings. The number of halogens is 1. The number of anilines is 1. The summed E-state index contributed by atoms with van der Waals surface area (Å²) in [6.45, 7) is 3.61. The van der Waals surface area contributed by atoms with Gasteiger partial charge in [0.15, 0.2) is 0 Å². The number of hydrogen-bond donors (Lipinski definition) is 3. The van der Waals surface area contributed by atoms with E-state index in [-0.39, 0.29) is 11.9 Å². The zero-order chi connectivity index (χ0) is 18.0. The van der Waals surface area contributed by atoms with Gasteiger partial charge in [-0.25, -0.2) is 4.79 Å². The maximum Gasteiger partial charge on any atom is 0.319 e.